The third-order valence-electron chi connectivity index (χ3n) is 2.93. The Morgan fingerprint density at radius 1 is 1.17 bits per heavy atom. The minimum Gasteiger partial charge on any atom is -0.388 e. The van der Waals surface area contributed by atoms with Crippen LogP contribution in [-0.2, 0) is 6.42 Å². The average Bonchev–Trinajstić information content (AvgIpc) is 2.32. The van der Waals surface area contributed by atoms with Gasteiger partial charge in [0, 0.05) is 15.0 Å². The molecule has 1 atom stereocenters. The molecule has 18 heavy (non-hydrogen) atoms. The fourth-order valence-electron chi connectivity index (χ4n) is 1.97. The van der Waals surface area contributed by atoms with Gasteiger partial charge in [0.05, 0.1) is 6.10 Å². The number of aliphatic hydroxyl groups is 1. The first-order valence-electron chi connectivity index (χ1n) is 5.75. The first-order valence-corrected chi connectivity index (χ1v) is 7.20. The van der Waals surface area contributed by atoms with Gasteiger partial charge in [-0.05, 0) is 70.5 Å². The fraction of sp³-hybridized carbons (Fsp3) is 0.200. The van der Waals surface area contributed by atoms with Crippen LogP contribution >= 0.6 is 34.2 Å². The highest BCUT2D eigenvalue weighted by atomic mass is 127. The summed E-state index contributed by atoms with van der Waals surface area (Å²) in [5, 5.41) is 11.0. The molecule has 2 rings (SSSR count). The number of benzene rings is 2. The van der Waals surface area contributed by atoms with E-state index in [4.69, 9.17) is 11.6 Å². The Morgan fingerprint density at radius 2 is 1.83 bits per heavy atom. The van der Waals surface area contributed by atoms with Crippen molar-refractivity contribution in [3.63, 3.8) is 0 Å². The molecular weight excluding hydrogens is 359 g/mol. The van der Waals surface area contributed by atoms with E-state index in [1.807, 2.05) is 25.1 Å². The van der Waals surface area contributed by atoms with Gasteiger partial charge in [0.2, 0.25) is 0 Å². The minimum atomic E-state index is -0.484. The molecule has 0 heterocycles. The van der Waals surface area contributed by atoms with Crippen LogP contribution in [0.5, 0.6) is 0 Å². The van der Waals surface area contributed by atoms with Crippen molar-refractivity contribution in [3.8, 4) is 0 Å². The van der Waals surface area contributed by atoms with Crippen molar-refractivity contribution in [2.75, 3.05) is 0 Å². The molecule has 0 aliphatic carbocycles. The van der Waals surface area contributed by atoms with Crippen LogP contribution in [0.15, 0.2) is 42.5 Å². The molecule has 2 aromatic rings. The van der Waals surface area contributed by atoms with E-state index in [1.54, 1.807) is 0 Å². The molecule has 0 amide bonds. The summed E-state index contributed by atoms with van der Waals surface area (Å²) in [6, 6.07) is 13.8. The third kappa shape index (κ3) is 3.46. The lowest BCUT2D eigenvalue weighted by Crippen LogP contribution is -2.03. The molecule has 0 saturated heterocycles. The molecular formula is C15H14ClIO. The lowest BCUT2D eigenvalue weighted by atomic mass is 9.98. The zero-order chi connectivity index (χ0) is 13.1. The van der Waals surface area contributed by atoms with Crippen molar-refractivity contribution in [2.24, 2.45) is 0 Å². The maximum atomic E-state index is 10.3. The average molecular weight is 373 g/mol. The van der Waals surface area contributed by atoms with Crippen molar-refractivity contribution in [1.29, 1.82) is 0 Å². The van der Waals surface area contributed by atoms with E-state index in [-0.39, 0.29) is 0 Å². The molecule has 0 spiro atoms. The van der Waals surface area contributed by atoms with Crippen LogP contribution in [0, 0.1) is 10.5 Å². The Balaban J connectivity index is 2.16. The maximum Gasteiger partial charge on any atom is 0.0832 e. The lowest BCUT2D eigenvalue weighted by Gasteiger charge is -2.14. The SMILES string of the molecule is Cc1cc(Cl)ccc1C(O)Cc1ccc(I)cc1. The van der Waals surface area contributed by atoms with E-state index in [2.05, 4.69) is 46.9 Å². The molecule has 1 unspecified atom stereocenters. The molecule has 2 aromatic carbocycles. The summed E-state index contributed by atoms with van der Waals surface area (Å²) >= 11 is 8.19. The Bertz CT molecular complexity index is 537. The summed E-state index contributed by atoms with van der Waals surface area (Å²) in [5.41, 5.74) is 3.11. The molecule has 0 aliphatic heterocycles. The second-order valence-corrected chi connectivity index (χ2v) is 6.03. The molecule has 0 radical (unpaired) electrons. The van der Waals surface area contributed by atoms with Crippen molar-refractivity contribution < 1.29 is 5.11 Å². The van der Waals surface area contributed by atoms with Gasteiger partial charge in [-0.15, -0.1) is 0 Å². The number of rotatable bonds is 3. The predicted molar refractivity (Wildman–Crippen MR) is 84.0 cm³/mol. The summed E-state index contributed by atoms with van der Waals surface area (Å²) in [7, 11) is 0. The van der Waals surface area contributed by atoms with E-state index in [9.17, 15) is 5.11 Å². The molecule has 0 aliphatic rings. The van der Waals surface area contributed by atoms with E-state index in [0.29, 0.717) is 11.4 Å². The van der Waals surface area contributed by atoms with E-state index < -0.39 is 6.10 Å². The number of aryl methyl sites for hydroxylation is 1. The topological polar surface area (TPSA) is 20.2 Å². The highest BCUT2D eigenvalue weighted by molar-refractivity contribution is 14.1. The van der Waals surface area contributed by atoms with Gasteiger partial charge >= 0.3 is 0 Å². The smallest absolute Gasteiger partial charge is 0.0832 e. The predicted octanol–water partition coefficient (Wildman–Crippen LogP) is 4.53. The lowest BCUT2D eigenvalue weighted by molar-refractivity contribution is 0.177. The Morgan fingerprint density at radius 3 is 2.44 bits per heavy atom. The van der Waals surface area contributed by atoms with Crippen molar-refractivity contribution in [3.05, 3.63) is 67.7 Å². The van der Waals surface area contributed by atoms with Gasteiger partial charge in [-0.25, -0.2) is 0 Å². The standard InChI is InChI=1S/C15H14ClIO/c1-10-8-12(16)4-7-14(10)15(18)9-11-2-5-13(17)6-3-11/h2-8,15,18H,9H2,1H3. The van der Waals surface area contributed by atoms with Crippen LogP contribution in [0.4, 0.5) is 0 Å². The summed E-state index contributed by atoms with van der Waals surface area (Å²) < 4.78 is 1.20. The van der Waals surface area contributed by atoms with Gasteiger partial charge in [-0.1, -0.05) is 29.8 Å². The summed E-state index contributed by atoms with van der Waals surface area (Å²) in [6.45, 7) is 1.97. The van der Waals surface area contributed by atoms with Gasteiger partial charge in [-0.2, -0.15) is 0 Å². The van der Waals surface area contributed by atoms with Gasteiger partial charge in [0.15, 0.2) is 0 Å². The molecule has 0 saturated carbocycles. The maximum absolute atomic E-state index is 10.3. The molecule has 1 N–H and O–H groups in total. The molecule has 1 nitrogen and oxygen atoms in total. The summed E-state index contributed by atoms with van der Waals surface area (Å²) in [4.78, 5) is 0. The number of aliphatic hydroxyl groups excluding tert-OH is 1. The van der Waals surface area contributed by atoms with Gasteiger partial charge in [0.25, 0.3) is 0 Å². The van der Waals surface area contributed by atoms with Crippen LogP contribution in [0.3, 0.4) is 0 Å². The van der Waals surface area contributed by atoms with Crippen LogP contribution in [0.25, 0.3) is 0 Å². The first kappa shape index (κ1) is 13.8. The normalized spacial score (nSPS) is 12.4. The Hall–Kier alpha value is -0.580. The van der Waals surface area contributed by atoms with Crippen molar-refractivity contribution >= 4 is 34.2 Å². The number of hydrogen-bond donors (Lipinski definition) is 1. The van der Waals surface area contributed by atoms with E-state index in [1.165, 1.54) is 3.57 Å². The van der Waals surface area contributed by atoms with E-state index in [0.717, 1.165) is 16.7 Å². The van der Waals surface area contributed by atoms with Crippen LogP contribution in [0.2, 0.25) is 5.02 Å². The number of halogens is 2. The highest BCUT2D eigenvalue weighted by Gasteiger charge is 2.11. The molecule has 0 bridgehead atoms. The van der Waals surface area contributed by atoms with Crippen LogP contribution in [-0.4, -0.2) is 5.11 Å². The quantitative estimate of drug-likeness (QED) is 0.785. The highest BCUT2D eigenvalue weighted by Crippen LogP contribution is 2.24. The van der Waals surface area contributed by atoms with Crippen LogP contribution < -0.4 is 0 Å². The monoisotopic (exact) mass is 372 g/mol. The Labute approximate surface area is 126 Å². The summed E-state index contributed by atoms with van der Waals surface area (Å²) in [6.07, 6.45) is 0.140. The zero-order valence-corrected chi connectivity index (χ0v) is 12.9. The second-order valence-electron chi connectivity index (χ2n) is 4.35. The summed E-state index contributed by atoms with van der Waals surface area (Å²) in [5.74, 6) is 0. The first-order chi connectivity index (χ1) is 8.56. The minimum absolute atomic E-state index is 0.484. The van der Waals surface area contributed by atoms with Crippen molar-refractivity contribution in [2.45, 2.75) is 19.4 Å². The Kier molecular flexibility index (Phi) is 4.65. The van der Waals surface area contributed by atoms with E-state index >= 15 is 0 Å². The fourth-order valence-corrected chi connectivity index (χ4v) is 2.55. The third-order valence-corrected chi connectivity index (χ3v) is 3.89. The molecule has 3 heteroatoms. The van der Waals surface area contributed by atoms with Crippen LogP contribution in [0.1, 0.15) is 22.8 Å². The van der Waals surface area contributed by atoms with Gasteiger partial charge < -0.3 is 5.11 Å². The molecule has 0 aromatic heterocycles. The molecule has 0 fully saturated rings. The largest absolute Gasteiger partial charge is 0.388 e. The second kappa shape index (κ2) is 6.04. The number of hydrogen-bond acceptors (Lipinski definition) is 1. The zero-order valence-electron chi connectivity index (χ0n) is 10.0. The molecule has 94 valence electrons. The van der Waals surface area contributed by atoms with Gasteiger partial charge in [-0.3, -0.25) is 0 Å². The van der Waals surface area contributed by atoms with Gasteiger partial charge in [0.1, 0.15) is 0 Å². The van der Waals surface area contributed by atoms with Crippen molar-refractivity contribution in [1.82, 2.24) is 0 Å².